The van der Waals surface area contributed by atoms with E-state index in [9.17, 15) is 13.2 Å². The summed E-state index contributed by atoms with van der Waals surface area (Å²) in [5, 5.41) is 7.12. The molecule has 2 atom stereocenters. The SMILES string of the molecule is COC1CCN(c2cc(N3CCN(Cc4ccc5c(c4)OCCO5)CC3)nc(C(C)C)n2)CC1C.O=C(O)C(F)(F)F. The van der Waals surface area contributed by atoms with E-state index >= 15 is 0 Å². The molecule has 0 aliphatic carbocycles. The number of alkyl halides is 3. The van der Waals surface area contributed by atoms with Gasteiger partial charge in [-0.25, -0.2) is 14.8 Å². The van der Waals surface area contributed by atoms with Crippen molar-refractivity contribution < 1.29 is 37.3 Å². The van der Waals surface area contributed by atoms with E-state index in [0.717, 1.165) is 81.2 Å². The number of rotatable bonds is 6. The van der Waals surface area contributed by atoms with E-state index in [1.54, 1.807) is 0 Å². The van der Waals surface area contributed by atoms with Gasteiger partial charge in [-0.1, -0.05) is 26.8 Å². The zero-order valence-corrected chi connectivity index (χ0v) is 24.6. The van der Waals surface area contributed by atoms with Gasteiger partial charge in [0.25, 0.3) is 0 Å². The van der Waals surface area contributed by atoms with Crippen LogP contribution in [-0.2, 0) is 16.1 Å². The van der Waals surface area contributed by atoms with E-state index in [2.05, 4.69) is 53.7 Å². The summed E-state index contributed by atoms with van der Waals surface area (Å²) in [6.07, 6.45) is -3.72. The Kier molecular flexibility index (Phi) is 10.4. The third-order valence-electron chi connectivity index (χ3n) is 7.64. The Bertz CT molecular complexity index is 1210. The van der Waals surface area contributed by atoms with Crippen LogP contribution in [0.4, 0.5) is 24.8 Å². The number of nitrogens with zero attached hydrogens (tertiary/aromatic N) is 5. The van der Waals surface area contributed by atoms with Crippen molar-refractivity contribution in [1.82, 2.24) is 14.9 Å². The van der Waals surface area contributed by atoms with E-state index in [1.807, 2.05) is 13.2 Å². The monoisotopic (exact) mass is 595 g/mol. The Labute approximate surface area is 244 Å². The number of hydrogen-bond donors (Lipinski definition) is 1. The number of anilines is 2. The molecule has 3 aliphatic rings. The summed E-state index contributed by atoms with van der Waals surface area (Å²) >= 11 is 0. The minimum Gasteiger partial charge on any atom is -0.486 e. The molecule has 3 aliphatic heterocycles. The van der Waals surface area contributed by atoms with Crippen LogP contribution in [0.3, 0.4) is 0 Å². The van der Waals surface area contributed by atoms with E-state index in [4.69, 9.17) is 34.1 Å². The van der Waals surface area contributed by atoms with Crippen molar-refractivity contribution in [3.63, 3.8) is 0 Å². The van der Waals surface area contributed by atoms with Crippen LogP contribution in [0.25, 0.3) is 0 Å². The molecule has 0 spiro atoms. The molecule has 1 aromatic heterocycles. The number of piperazine rings is 1. The van der Waals surface area contributed by atoms with E-state index in [1.165, 1.54) is 5.56 Å². The second kappa shape index (κ2) is 13.8. The van der Waals surface area contributed by atoms with E-state index < -0.39 is 12.1 Å². The van der Waals surface area contributed by atoms with Gasteiger partial charge in [0.2, 0.25) is 0 Å². The van der Waals surface area contributed by atoms with Gasteiger partial charge in [-0.3, -0.25) is 4.90 Å². The maximum Gasteiger partial charge on any atom is 0.490 e. The predicted molar refractivity (Wildman–Crippen MR) is 152 cm³/mol. The first kappa shape index (κ1) is 31.6. The zero-order chi connectivity index (χ0) is 30.4. The van der Waals surface area contributed by atoms with Gasteiger partial charge in [-0.2, -0.15) is 13.2 Å². The molecule has 2 fully saturated rings. The first-order chi connectivity index (χ1) is 19.9. The van der Waals surface area contributed by atoms with Gasteiger partial charge in [-0.05, 0) is 30.0 Å². The number of methoxy groups -OCH3 is 1. The summed E-state index contributed by atoms with van der Waals surface area (Å²) < 4.78 is 48.8. The molecule has 2 unspecified atom stereocenters. The minimum absolute atomic E-state index is 0.291. The Balaban J connectivity index is 0.000000517. The second-order valence-electron chi connectivity index (χ2n) is 11.1. The molecule has 1 aromatic carbocycles. The lowest BCUT2D eigenvalue weighted by atomic mass is 9.96. The number of carboxylic acid groups (broad SMARTS) is 1. The molecule has 2 saturated heterocycles. The molecular weight excluding hydrogens is 555 g/mol. The molecule has 0 bridgehead atoms. The third-order valence-corrected chi connectivity index (χ3v) is 7.64. The Morgan fingerprint density at radius 2 is 1.64 bits per heavy atom. The van der Waals surface area contributed by atoms with Crippen molar-refractivity contribution in [1.29, 1.82) is 0 Å². The fourth-order valence-corrected chi connectivity index (χ4v) is 5.28. The molecule has 10 nitrogen and oxygen atoms in total. The Morgan fingerprint density at radius 1 is 1.02 bits per heavy atom. The second-order valence-corrected chi connectivity index (χ2v) is 11.1. The molecule has 232 valence electrons. The highest BCUT2D eigenvalue weighted by molar-refractivity contribution is 5.73. The van der Waals surface area contributed by atoms with Gasteiger partial charge in [0.1, 0.15) is 30.7 Å². The maximum absolute atomic E-state index is 10.6. The number of carboxylic acids is 1. The first-order valence-corrected chi connectivity index (χ1v) is 14.3. The highest BCUT2D eigenvalue weighted by Gasteiger charge is 2.38. The number of carbonyl (C=O) groups is 1. The highest BCUT2D eigenvalue weighted by Crippen LogP contribution is 2.32. The number of piperidine rings is 1. The fraction of sp³-hybridized carbons (Fsp3) is 0.621. The normalized spacial score (nSPS) is 21.1. The molecular formula is C29H40F3N5O5. The molecule has 0 radical (unpaired) electrons. The van der Waals surface area contributed by atoms with Gasteiger partial charge in [0, 0.05) is 64.9 Å². The molecule has 13 heteroatoms. The van der Waals surface area contributed by atoms with Crippen molar-refractivity contribution in [3.05, 3.63) is 35.7 Å². The van der Waals surface area contributed by atoms with Crippen LogP contribution in [0.2, 0.25) is 0 Å². The topological polar surface area (TPSA) is 100 Å². The Hall–Kier alpha value is -3.32. The van der Waals surface area contributed by atoms with Crippen LogP contribution in [-0.4, -0.2) is 97.8 Å². The highest BCUT2D eigenvalue weighted by atomic mass is 19.4. The van der Waals surface area contributed by atoms with Crippen LogP contribution in [0.1, 0.15) is 44.5 Å². The lowest BCUT2D eigenvalue weighted by Crippen LogP contribution is -2.46. The van der Waals surface area contributed by atoms with Crippen molar-refractivity contribution in [3.8, 4) is 11.5 Å². The molecule has 0 saturated carbocycles. The minimum atomic E-state index is -5.08. The van der Waals surface area contributed by atoms with Crippen LogP contribution < -0.4 is 19.3 Å². The number of hydrogen-bond acceptors (Lipinski definition) is 9. The first-order valence-electron chi connectivity index (χ1n) is 14.3. The molecule has 4 heterocycles. The molecule has 2 aromatic rings. The maximum atomic E-state index is 10.6. The van der Waals surface area contributed by atoms with E-state index in [0.29, 0.717) is 31.2 Å². The van der Waals surface area contributed by atoms with Gasteiger partial charge < -0.3 is 29.1 Å². The molecule has 42 heavy (non-hydrogen) atoms. The van der Waals surface area contributed by atoms with E-state index in [-0.39, 0.29) is 0 Å². The average molecular weight is 596 g/mol. The largest absolute Gasteiger partial charge is 0.490 e. The van der Waals surface area contributed by atoms with Crippen molar-refractivity contribution >= 4 is 17.6 Å². The summed E-state index contributed by atoms with van der Waals surface area (Å²) in [4.78, 5) is 26.2. The van der Waals surface area contributed by atoms with Gasteiger partial charge in [0.15, 0.2) is 11.5 Å². The number of fused-ring (bicyclic) bond motifs is 1. The quantitative estimate of drug-likeness (QED) is 0.523. The van der Waals surface area contributed by atoms with Crippen molar-refractivity contribution in [2.45, 2.75) is 51.9 Å². The Morgan fingerprint density at radius 3 is 2.21 bits per heavy atom. The summed E-state index contributed by atoms with van der Waals surface area (Å²) in [6.45, 7) is 14.6. The summed E-state index contributed by atoms with van der Waals surface area (Å²) in [6, 6.07) is 8.51. The van der Waals surface area contributed by atoms with Crippen LogP contribution >= 0.6 is 0 Å². The average Bonchev–Trinajstić information content (AvgIpc) is 2.97. The van der Waals surface area contributed by atoms with Crippen LogP contribution in [0.5, 0.6) is 11.5 Å². The van der Waals surface area contributed by atoms with Gasteiger partial charge >= 0.3 is 12.1 Å². The van der Waals surface area contributed by atoms with Gasteiger partial charge in [0.05, 0.1) is 6.10 Å². The standard InChI is InChI=1S/C27H39N5O3.C2HF3O2/c1-19(2)27-28-25(16-26(29-27)32-8-7-22(33-4)20(3)17-32)31-11-9-30(10-12-31)18-21-5-6-23-24(15-21)35-14-13-34-23;3-2(4,5)1(6)7/h5-6,15-16,19-20,22H,7-14,17-18H2,1-4H3;(H,6,7). The number of halogens is 3. The summed E-state index contributed by atoms with van der Waals surface area (Å²) in [5.74, 6) is 2.78. The van der Waals surface area contributed by atoms with Gasteiger partial charge in [-0.15, -0.1) is 0 Å². The lowest BCUT2D eigenvalue weighted by Gasteiger charge is -2.38. The smallest absolute Gasteiger partial charge is 0.486 e. The van der Waals surface area contributed by atoms with Crippen LogP contribution in [0, 0.1) is 5.92 Å². The third kappa shape index (κ3) is 8.15. The number of aromatic nitrogens is 2. The zero-order valence-electron chi connectivity index (χ0n) is 24.6. The molecule has 1 N–H and O–H groups in total. The summed E-state index contributed by atoms with van der Waals surface area (Å²) in [7, 11) is 1.82. The molecule has 5 rings (SSSR count). The van der Waals surface area contributed by atoms with Crippen LogP contribution in [0.15, 0.2) is 24.3 Å². The molecule has 0 amide bonds. The predicted octanol–water partition coefficient (Wildman–Crippen LogP) is 4.19. The van der Waals surface area contributed by atoms with Crippen molar-refractivity contribution in [2.24, 2.45) is 5.92 Å². The number of aliphatic carboxylic acids is 1. The lowest BCUT2D eigenvalue weighted by molar-refractivity contribution is -0.192. The summed E-state index contributed by atoms with van der Waals surface area (Å²) in [5.41, 5.74) is 1.27. The number of ether oxygens (including phenoxy) is 3. The fourth-order valence-electron chi connectivity index (χ4n) is 5.28. The van der Waals surface area contributed by atoms with Crippen molar-refractivity contribution in [2.75, 3.05) is 69.4 Å². The number of benzene rings is 1.